The second kappa shape index (κ2) is 12.4. The zero-order chi connectivity index (χ0) is 19.6. The van der Waals surface area contributed by atoms with Crippen molar-refractivity contribution in [3.63, 3.8) is 0 Å². The SMILES string of the molecule is Cl.Oc1ccc(C(CCNCCCSc2ccccc2O)c2ccccc2)cc1. The van der Waals surface area contributed by atoms with Crippen LogP contribution in [-0.2, 0) is 0 Å². The number of rotatable bonds is 10. The van der Waals surface area contributed by atoms with Crippen LogP contribution in [-0.4, -0.2) is 29.1 Å². The van der Waals surface area contributed by atoms with Crippen molar-refractivity contribution in [1.82, 2.24) is 5.32 Å². The number of aromatic hydroxyl groups is 2. The highest BCUT2D eigenvalue weighted by Gasteiger charge is 2.13. The Balaban J connectivity index is 0.00000300. The molecule has 0 aliphatic heterocycles. The number of hydrogen-bond acceptors (Lipinski definition) is 4. The molecule has 0 aliphatic carbocycles. The van der Waals surface area contributed by atoms with Crippen LogP contribution in [0, 0.1) is 0 Å². The van der Waals surface area contributed by atoms with Crippen molar-refractivity contribution in [2.24, 2.45) is 0 Å². The van der Waals surface area contributed by atoms with E-state index in [0.717, 1.165) is 36.6 Å². The molecule has 29 heavy (non-hydrogen) atoms. The summed E-state index contributed by atoms with van der Waals surface area (Å²) in [6.45, 7) is 1.89. The predicted molar refractivity (Wildman–Crippen MR) is 125 cm³/mol. The van der Waals surface area contributed by atoms with E-state index >= 15 is 0 Å². The maximum absolute atomic E-state index is 9.79. The van der Waals surface area contributed by atoms with Gasteiger partial charge >= 0.3 is 0 Å². The average molecular weight is 430 g/mol. The van der Waals surface area contributed by atoms with Gasteiger partial charge in [0.15, 0.2) is 0 Å². The van der Waals surface area contributed by atoms with E-state index in [4.69, 9.17) is 0 Å². The molecule has 0 amide bonds. The van der Waals surface area contributed by atoms with Gasteiger partial charge in [-0.3, -0.25) is 0 Å². The normalized spacial score (nSPS) is 11.6. The molecule has 0 radical (unpaired) electrons. The van der Waals surface area contributed by atoms with Crippen LogP contribution >= 0.6 is 24.2 Å². The molecule has 1 unspecified atom stereocenters. The van der Waals surface area contributed by atoms with Gasteiger partial charge in [-0.25, -0.2) is 0 Å². The second-order valence-electron chi connectivity index (χ2n) is 6.76. The molecule has 3 nitrogen and oxygen atoms in total. The van der Waals surface area contributed by atoms with Gasteiger partial charge in [-0.2, -0.15) is 0 Å². The van der Waals surface area contributed by atoms with E-state index in [1.54, 1.807) is 30.0 Å². The summed E-state index contributed by atoms with van der Waals surface area (Å²) in [5, 5.41) is 22.9. The van der Waals surface area contributed by atoms with E-state index in [0.29, 0.717) is 17.4 Å². The van der Waals surface area contributed by atoms with E-state index in [-0.39, 0.29) is 12.4 Å². The quantitative estimate of drug-likeness (QED) is 0.281. The number of benzene rings is 3. The zero-order valence-electron chi connectivity index (χ0n) is 16.3. The number of para-hydroxylation sites is 1. The molecule has 3 aromatic carbocycles. The Kier molecular flexibility index (Phi) is 9.92. The number of hydrogen-bond donors (Lipinski definition) is 3. The zero-order valence-corrected chi connectivity index (χ0v) is 18.0. The van der Waals surface area contributed by atoms with Crippen molar-refractivity contribution in [2.45, 2.75) is 23.7 Å². The van der Waals surface area contributed by atoms with Gasteiger partial charge in [-0.05, 0) is 67.1 Å². The van der Waals surface area contributed by atoms with Gasteiger partial charge in [0.25, 0.3) is 0 Å². The molecule has 3 N–H and O–H groups in total. The van der Waals surface area contributed by atoms with Crippen LogP contribution < -0.4 is 5.32 Å². The molecule has 0 aliphatic rings. The van der Waals surface area contributed by atoms with Crippen LogP contribution in [0.3, 0.4) is 0 Å². The summed E-state index contributed by atoms with van der Waals surface area (Å²) in [7, 11) is 0. The fraction of sp³-hybridized carbons (Fsp3) is 0.250. The molecule has 0 fully saturated rings. The van der Waals surface area contributed by atoms with E-state index < -0.39 is 0 Å². The van der Waals surface area contributed by atoms with Gasteiger partial charge in [0.05, 0.1) is 0 Å². The highest BCUT2D eigenvalue weighted by molar-refractivity contribution is 7.99. The molecule has 0 spiro atoms. The first-order chi connectivity index (χ1) is 13.7. The molecule has 154 valence electrons. The number of phenolic OH excluding ortho intramolecular Hbond substituents is 2. The molecular weight excluding hydrogens is 402 g/mol. The van der Waals surface area contributed by atoms with E-state index in [9.17, 15) is 10.2 Å². The summed E-state index contributed by atoms with van der Waals surface area (Å²) in [5.41, 5.74) is 2.52. The Bertz CT molecular complexity index is 843. The smallest absolute Gasteiger partial charge is 0.129 e. The lowest BCUT2D eigenvalue weighted by Gasteiger charge is -2.18. The van der Waals surface area contributed by atoms with Gasteiger partial charge in [-0.1, -0.05) is 54.6 Å². The van der Waals surface area contributed by atoms with Crippen molar-refractivity contribution >= 4 is 24.2 Å². The molecule has 0 heterocycles. The van der Waals surface area contributed by atoms with Gasteiger partial charge < -0.3 is 15.5 Å². The largest absolute Gasteiger partial charge is 0.508 e. The molecular formula is C24H28ClNO2S. The van der Waals surface area contributed by atoms with Gasteiger partial charge in [0.1, 0.15) is 11.5 Å². The van der Waals surface area contributed by atoms with E-state index in [1.165, 1.54) is 11.1 Å². The van der Waals surface area contributed by atoms with E-state index in [2.05, 4.69) is 29.6 Å². The fourth-order valence-electron chi connectivity index (χ4n) is 3.25. The number of nitrogens with one attached hydrogen (secondary N) is 1. The molecule has 3 rings (SSSR count). The Labute approximate surface area is 183 Å². The first-order valence-corrected chi connectivity index (χ1v) is 10.7. The van der Waals surface area contributed by atoms with Gasteiger partial charge in [-0.15, -0.1) is 24.2 Å². The highest BCUT2D eigenvalue weighted by atomic mass is 35.5. The van der Waals surface area contributed by atoms with E-state index in [1.807, 2.05) is 36.4 Å². The third-order valence-corrected chi connectivity index (χ3v) is 5.88. The van der Waals surface area contributed by atoms with Crippen molar-refractivity contribution in [1.29, 1.82) is 0 Å². The Hall–Kier alpha value is -2.14. The summed E-state index contributed by atoms with van der Waals surface area (Å²) in [5.74, 6) is 1.95. The van der Waals surface area contributed by atoms with Crippen LogP contribution in [0.1, 0.15) is 29.9 Å². The predicted octanol–water partition coefficient (Wildman–Crippen LogP) is 5.81. The number of halogens is 1. The first-order valence-electron chi connectivity index (χ1n) is 9.69. The highest BCUT2D eigenvalue weighted by Crippen LogP contribution is 2.29. The van der Waals surface area contributed by atoms with Gasteiger partial charge in [0, 0.05) is 10.8 Å². The molecule has 5 heteroatoms. The second-order valence-corrected chi connectivity index (χ2v) is 7.90. The number of thioether (sulfide) groups is 1. The average Bonchev–Trinajstić information content (AvgIpc) is 2.73. The van der Waals surface area contributed by atoms with Crippen molar-refractivity contribution in [3.8, 4) is 11.5 Å². The van der Waals surface area contributed by atoms with Crippen LogP contribution in [0.25, 0.3) is 0 Å². The maximum atomic E-state index is 9.79. The molecule has 1 atom stereocenters. The minimum Gasteiger partial charge on any atom is -0.508 e. The summed E-state index contributed by atoms with van der Waals surface area (Å²) >= 11 is 1.69. The minimum absolute atomic E-state index is 0. The van der Waals surface area contributed by atoms with Crippen LogP contribution in [0.15, 0.2) is 83.8 Å². The fourth-order valence-corrected chi connectivity index (χ4v) is 4.15. The molecule has 0 bridgehead atoms. The Morgan fingerprint density at radius 3 is 2.14 bits per heavy atom. The topological polar surface area (TPSA) is 52.5 Å². The van der Waals surface area contributed by atoms with Crippen LogP contribution in [0.5, 0.6) is 11.5 Å². The summed E-state index contributed by atoms with van der Waals surface area (Å²) in [4.78, 5) is 0.943. The lowest BCUT2D eigenvalue weighted by molar-refractivity contribution is 0.462. The number of phenols is 2. The van der Waals surface area contributed by atoms with Crippen molar-refractivity contribution in [3.05, 3.63) is 90.0 Å². The Morgan fingerprint density at radius 1 is 0.759 bits per heavy atom. The molecule has 0 saturated heterocycles. The summed E-state index contributed by atoms with van der Waals surface area (Å²) in [6.07, 6.45) is 2.05. The summed E-state index contributed by atoms with van der Waals surface area (Å²) < 4.78 is 0. The lowest BCUT2D eigenvalue weighted by Crippen LogP contribution is -2.19. The first kappa shape index (κ1) is 23.1. The third-order valence-electron chi connectivity index (χ3n) is 4.73. The monoisotopic (exact) mass is 429 g/mol. The van der Waals surface area contributed by atoms with Crippen LogP contribution in [0.2, 0.25) is 0 Å². The molecule has 0 saturated carbocycles. The molecule has 0 aromatic heterocycles. The van der Waals surface area contributed by atoms with Crippen LogP contribution in [0.4, 0.5) is 0 Å². The third kappa shape index (κ3) is 7.32. The van der Waals surface area contributed by atoms with Crippen molar-refractivity contribution < 1.29 is 10.2 Å². The van der Waals surface area contributed by atoms with Crippen molar-refractivity contribution in [2.75, 3.05) is 18.8 Å². The Morgan fingerprint density at radius 2 is 1.41 bits per heavy atom. The maximum Gasteiger partial charge on any atom is 0.129 e. The van der Waals surface area contributed by atoms with Gasteiger partial charge in [0.2, 0.25) is 0 Å². The molecule has 3 aromatic rings. The standard InChI is InChI=1S/C24H27NO2S.ClH/c26-21-13-11-20(12-14-21)22(19-7-2-1-3-8-19)15-17-25-16-6-18-28-24-10-5-4-9-23(24)27;/h1-5,7-14,22,25-27H,6,15-18H2;1H. The summed E-state index contributed by atoms with van der Waals surface area (Å²) in [6, 6.07) is 25.5. The lowest BCUT2D eigenvalue weighted by atomic mass is 9.88. The minimum atomic E-state index is 0.